The van der Waals surface area contributed by atoms with E-state index in [1.807, 2.05) is 25.1 Å². The Labute approximate surface area is 68.4 Å². The van der Waals surface area contributed by atoms with Gasteiger partial charge in [-0.25, -0.2) is 0 Å². The van der Waals surface area contributed by atoms with E-state index in [1.165, 1.54) is 0 Å². The van der Waals surface area contributed by atoms with Crippen LogP contribution in [0.1, 0.15) is 11.1 Å². The lowest BCUT2D eigenvalue weighted by Gasteiger charge is -1.94. The molecule has 1 aromatic carbocycles. The molecular formula is C8H6BrN. The van der Waals surface area contributed by atoms with E-state index in [0.717, 1.165) is 15.6 Å². The van der Waals surface area contributed by atoms with E-state index in [9.17, 15) is 0 Å². The number of nitrogens with zero attached hydrogens (tertiary/aromatic N) is 1. The SMILES string of the molecule is Cc1ccc(Br)cc1C#N. The molecule has 0 aliphatic heterocycles. The van der Waals surface area contributed by atoms with Gasteiger partial charge in [-0.1, -0.05) is 22.0 Å². The average Bonchev–Trinajstić information content (AvgIpc) is 1.94. The third kappa shape index (κ3) is 1.37. The zero-order valence-corrected chi connectivity index (χ0v) is 7.14. The predicted molar refractivity (Wildman–Crippen MR) is 43.6 cm³/mol. The summed E-state index contributed by atoms with van der Waals surface area (Å²) in [6.07, 6.45) is 0. The van der Waals surface area contributed by atoms with Crippen molar-refractivity contribution in [2.24, 2.45) is 0 Å². The van der Waals surface area contributed by atoms with Crippen LogP contribution in [0, 0.1) is 18.3 Å². The Morgan fingerprint density at radius 1 is 1.50 bits per heavy atom. The second-order valence-corrected chi connectivity index (χ2v) is 2.99. The summed E-state index contributed by atoms with van der Waals surface area (Å²) in [5.41, 5.74) is 1.75. The topological polar surface area (TPSA) is 23.8 Å². The molecule has 0 aliphatic carbocycles. The lowest BCUT2D eigenvalue weighted by molar-refractivity contribution is 1.38. The average molecular weight is 196 g/mol. The van der Waals surface area contributed by atoms with Crippen LogP contribution in [0.25, 0.3) is 0 Å². The fourth-order valence-electron chi connectivity index (χ4n) is 0.715. The van der Waals surface area contributed by atoms with Crippen LogP contribution in [-0.2, 0) is 0 Å². The number of hydrogen-bond donors (Lipinski definition) is 0. The van der Waals surface area contributed by atoms with Crippen LogP contribution < -0.4 is 0 Å². The van der Waals surface area contributed by atoms with Gasteiger partial charge in [0.05, 0.1) is 11.6 Å². The molecule has 0 N–H and O–H groups in total. The highest BCUT2D eigenvalue weighted by molar-refractivity contribution is 9.10. The minimum absolute atomic E-state index is 0.731. The molecule has 1 nitrogen and oxygen atoms in total. The van der Waals surface area contributed by atoms with Crippen molar-refractivity contribution in [3.63, 3.8) is 0 Å². The largest absolute Gasteiger partial charge is 0.192 e. The fourth-order valence-corrected chi connectivity index (χ4v) is 1.08. The van der Waals surface area contributed by atoms with Gasteiger partial charge in [-0.15, -0.1) is 0 Å². The van der Waals surface area contributed by atoms with Crippen LogP contribution in [0.2, 0.25) is 0 Å². The highest BCUT2D eigenvalue weighted by atomic mass is 79.9. The van der Waals surface area contributed by atoms with Crippen molar-refractivity contribution in [1.82, 2.24) is 0 Å². The second-order valence-electron chi connectivity index (χ2n) is 2.07. The lowest BCUT2D eigenvalue weighted by atomic mass is 10.1. The number of aryl methyl sites for hydroxylation is 1. The first-order chi connectivity index (χ1) is 4.74. The Balaban J connectivity index is 3.25. The standard InChI is InChI=1S/C8H6BrN/c1-6-2-3-8(9)4-7(6)5-10/h2-4H,1H3. The molecule has 0 spiro atoms. The van der Waals surface area contributed by atoms with Gasteiger partial charge in [-0.2, -0.15) is 5.26 Å². The van der Waals surface area contributed by atoms with E-state index in [4.69, 9.17) is 5.26 Å². The molecule has 0 fully saturated rings. The maximum Gasteiger partial charge on any atom is 0.0994 e. The minimum atomic E-state index is 0.731. The van der Waals surface area contributed by atoms with Gasteiger partial charge in [0, 0.05) is 4.47 Å². The molecule has 0 radical (unpaired) electrons. The zero-order chi connectivity index (χ0) is 7.56. The summed E-state index contributed by atoms with van der Waals surface area (Å²) >= 11 is 3.29. The van der Waals surface area contributed by atoms with Gasteiger partial charge >= 0.3 is 0 Å². The van der Waals surface area contributed by atoms with Gasteiger partial charge in [-0.3, -0.25) is 0 Å². The van der Waals surface area contributed by atoms with Gasteiger partial charge < -0.3 is 0 Å². The first-order valence-corrected chi connectivity index (χ1v) is 3.69. The maximum atomic E-state index is 8.57. The normalized spacial score (nSPS) is 8.90. The quantitative estimate of drug-likeness (QED) is 0.625. The Morgan fingerprint density at radius 2 is 2.20 bits per heavy atom. The first-order valence-electron chi connectivity index (χ1n) is 2.90. The van der Waals surface area contributed by atoms with E-state index >= 15 is 0 Å². The molecule has 0 aromatic heterocycles. The molecule has 0 aliphatic rings. The van der Waals surface area contributed by atoms with Crippen molar-refractivity contribution in [1.29, 1.82) is 5.26 Å². The monoisotopic (exact) mass is 195 g/mol. The summed E-state index contributed by atoms with van der Waals surface area (Å²) in [5.74, 6) is 0. The molecular weight excluding hydrogens is 190 g/mol. The molecule has 2 heteroatoms. The van der Waals surface area contributed by atoms with Crippen molar-refractivity contribution in [2.75, 3.05) is 0 Å². The number of halogens is 1. The molecule has 0 saturated heterocycles. The van der Waals surface area contributed by atoms with Crippen molar-refractivity contribution in [3.8, 4) is 6.07 Å². The maximum absolute atomic E-state index is 8.57. The Morgan fingerprint density at radius 3 is 2.70 bits per heavy atom. The molecule has 10 heavy (non-hydrogen) atoms. The Hall–Kier alpha value is -0.810. The van der Waals surface area contributed by atoms with Crippen molar-refractivity contribution in [3.05, 3.63) is 33.8 Å². The third-order valence-electron chi connectivity index (χ3n) is 1.32. The molecule has 0 atom stereocenters. The Kier molecular flexibility index (Phi) is 2.08. The van der Waals surface area contributed by atoms with Gasteiger partial charge in [-0.05, 0) is 24.6 Å². The van der Waals surface area contributed by atoms with Crippen LogP contribution in [0.3, 0.4) is 0 Å². The highest BCUT2D eigenvalue weighted by Gasteiger charge is 1.95. The molecule has 50 valence electrons. The highest BCUT2D eigenvalue weighted by Crippen LogP contribution is 2.14. The summed E-state index contributed by atoms with van der Waals surface area (Å²) in [7, 11) is 0. The summed E-state index contributed by atoms with van der Waals surface area (Å²) in [4.78, 5) is 0. The van der Waals surface area contributed by atoms with Crippen molar-refractivity contribution >= 4 is 15.9 Å². The molecule has 0 amide bonds. The lowest BCUT2D eigenvalue weighted by Crippen LogP contribution is -1.79. The molecule has 0 heterocycles. The zero-order valence-electron chi connectivity index (χ0n) is 5.56. The van der Waals surface area contributed by atoms with Crippen molar-refractivity contribution < 1.29 is 0 Å². The van der Waals surface area contributed by atoms with Crippen LogP contribution in [0.4, 0.5) is 0 Å². The first kappa shape index (κ1) is 7.30. The number of rotatable bonds is 0. The van der Waals surface area contributed by atoms with Crippen molar-refractivity contribution in [2.45, 2.75) is 6.92 Å². The smallest absolute Gasteiger partial charge is 0.0994 e. The Bertz CT molecular complexity index is 286. The third-order valence-corrected chi connectivity index (χ3v) is 1.81. The predicted octanol–water partition coefficient (Wildman–Crippen LogP) is 2.63. The number of nitriles is 1. The van der Waals surface area contributed by atoms with E-state index in [-0.39, 0.29) is 0 Å². The molecule has 0 unspecified atom stereocenters. The van der Waals surface area contributed by atoms with E-state index in [1.54, 1.807) is 0 Å². The summed E-state index contributed by atoms with van der Waals surface area (Å²) in [5, 5.41) is 8.57. The fraction of sp³-hybridized carbons (Fsp3) is 0.125. The van der Waals surface area contributed by atoms with E-state index < -0.39 is 0 Å². The van der Waals surface area contributed by atoms with Gasteiger partial charge in [0.2, 0.25) is 0 Å². The van der Waals surface area contributed by atoms with Gasteiger partial charge in [0.1, 0.15) is 0 Å². The second kappa shape index (κ2) is 2.85. The summed E-state index contributed by atoms with van der Waals surface area (Å²) in [6.45, 7) is 1.92. The van der Waals surface area contributed by atoms with Gasteiger partial charge in [0.15, 0.2) is 0 Å². The van der Waals surface area contributed by atoms with E-state index in [0.29, 0.717) is 0 Å². The van der Waals surface area contributed by atoms with Crippen LogP contribution >= 0.6 is 15.9 Å². The molecule has 1 aromatic rings. The molecule has 0 bridgehead atoms. The summed E-state index contributed by atoms with van der Waals surface area (Å²) < 4.78 is 0.953. The van der Waals surface area contributed by atoms with E-state index in [2.05, 4.69) is 22.0 Å². The van der Waals surface area contributed by atoms with Crippen LogP contribution in [0.15, 0.2) is 22.7 Å². The van der Waals surface area contributed by atoms with Crippen LogP contribution in [0.5, 0.6) is 0 Å². The molecule has 0 saturated carbocycles. The molecule has 1 rings (SSSR count). The van der Waals surface area contributed by atoms with Gasteiger partial charge in [0.25, 0.3) is 0 Å². The summed E-state index contributed by atoms with van der Waals surface area (Å²) in [6, 6.07) is 7.77. The number of benzene rings is 1. The minimum Gasteiger partial charge on any atom is -0.192 e. The number of hydrogen-bond acceptors (Lipinski definition) is 1. The van der Waals surface area contributed by atoms with Crippen LogP contribution in [-0.4, -0.2) is 0 Å².